The molecule has 2 saturated heterocycles. The molecule has 3 fully saturated rings. The van der Waals surface area contributed by atoms with E-state index in [0.29, 0.717) is 43.7 Å². The third kappa shape index (κ3) is 3.88. The van der Waals surface area contributed by atoms with E-state index in [0.717, 1.165) is 19.3 Å². The quantitative estimate of drug-likeness (QED) is 0.680. The number of hydrogen-bond donors (Lipinski definition) is 2. The fraction of sp³-hybridized carbons (Fsp3) is 0.571. The van der Waals surface area contributed by atoms with Gasteiger partial charge in [0.05, 0.1) is 11.6 Å². The monoisotopic (exact) mass is 398 g/mol. The number of nitrogens with one attached hydrogen (secondary N) is 2. The highest BCUT2D eigenvalue weighted by Crippen LogP contribution is 2.42. The SMILES string of the molecule is O=C[C@H](C[C@@H]1CCNC1=O)NC(=O)[C@H]1[C@@H]2CCC[C@H]2CN1C(=O)c1cccnc1. The van der Waals surface area contributed by atoms with Gasteiger partial charge in [0, 0.05) is 31.4 Å². The first-order valence-corrected chi connectivity index (χ1v) is 10.3. The summed E-state index contributed by atoms with van der Waals surface area (Å²) in [6, 6.07) is 2.08. The molecule has 0 unspecified atom stereocenters. The number of aldehydes is 1. The summed E-state index contributed by atoms with van der Waals surface area (Å²) in [5.74, 6) is -0.422. The number of rotatable bonds is 6. The van der Waals surface area contributed by atoms with E-state index in [2.05, 4.69) is 15.6 Å². The Morgan fingerprint density at radius 2 is 2.21 bits per heavy atom. The van der Waals surface area contributed by atoms with Crippen molar-refractivity contribution in [2.45, 2.75) is 44.2 Å². The van der Waals surface area contributed by atoms with Gasteiger partial charge >= 0.3 is 0 Å². The zero-order valence-electron chi connectivity index (χ0n) is 16.3. The molecule has 1 saturated carbocycles. The number of fused-ring (bicyclic) bond motifs is 1. The summed E-state index contributed by atoms with van der Waals surface area (Å²) in [4.78, 5) is 55.3. The number of hydrogen-bond acceptors (Lipinski definition) is 5. The highest BCUT2D eigenvalue weighted by Gasteiger charge is 2.49. The van der Waals surface area contributed by atoms with Crippen LogP contribution in [-0.4, -0.2) is 59.1 Å². The molecule has 3 aliphatic rings. The van der Waals surface area contributed by atoms with E-state index in [4.69, 9.17) is 0 Å². The van der Waals surface area contributed by atoms with E-state index in [1.165, 1.54) is 6.20 Å². The van der Waals surface area contributed by atoms with Gasteiger partial charge in [-0.1, -0.05) is 6.42 Å². The minimum absolute atomic E-state index is 0.0730. The highest BCUT2D eigenvalue weighted by molar-refractivity contribution is 5.98. The minimum atomic E-state index is -0.729. The Balaban J connectivity index is 1.49. The van der Waals surface area contributed by atoms with Crippen LogP contribution >= 0.6 is 0 Å². The van der Waals surface area contributed by atoms with Crippen molar-refractivity contribution < 1.29 is 19.2 Å². The minimum Gasteiger partial charge on any atom is -0.356 e. The van der Waals surface area contributed by atoms with Crippen LogP contribution in [0, 0.1) is 17.8 Å². The number of likely N-dealkylation sites (tertiary alicyclic amines) is 1. The summed E-state index contributed by atoms with van der Waals surface area (Å²) in [6.45, 7) is 1.15. The van der Waals surface area contributed by atoms with E-state index < -0.39 is 12.1 Å². The molecule has 2 aliphatic heterocycles. The van der Waals surface area contributed by atoms with Crippen LogP contribution in [0.5, 0.6) is 0 Å². The third-order valence-corrected chi connectivity index (χ3v) is 6.52. The number of nitrogens with zero attached hydrogens (tertiary/aromatic N) is 2. The molecule has 0 spiro atoms. The van der Waals surface area contributed by atoms with Gasteiger partial charge in [-0.2, -0.15) is 0 Å². The van der Waals surface area contributed by atoms with Gasteiger partial charge in [-0.25, -0.2) is 0 Å². The number of amides is 3. The molecular formula is C21H26N4O4. The maximum absolute atomic E-state index is 13.2. The second-order valence-electron chi connectivity index (χ2n) is 8.26. The van der Waals surface area contributed by atoms with Crippen molar-refractivity contribution >= 4 is 24.0 Å². The molecular weight excluding hydrogens is 372 g/mol. The first kappa shape index (κ1) is 19.5. The summed E-state index contributed by atoms with van der Waals surface area (Å²) in [6.07, 6.45) is 7.72. The van der Waals surface area contributed by atoms with E-state index in [1.54, 1.807) is 23.2 Å². The fourth-order valence-corrected chi connectivity index (χ4v) is 5.10. The van der Waals surface area contributed by atoms with Gasteiger partial charge in [-0.3, -0.25) is 19.4 Å². The van der Waals surface area contributed by atoms with Crippen LogP contribution in [0.4, 0.5) is 0 Å². The molecule has 8 nitrogen and oxygen atoms in total. The summed E-state index contributed by atoms with van der Waals surface area (Å²) in [5, 5.41) is 5.56. The van der Waals surface area contributed by atoms with Crippen LogP contribution < -0.4 is 10.6 Å². The van der Waals surface area contributed by atoms with Gasteiger partial charge < -0.3 is 20.3 Å². The van der Waals surface area contributed by atoms with Gasteiger partial charge in [0.1, 0.15) is 12.3 Å². The average Bonchev–Trinajstić information content (AvgIpc) is 3.43. The molecule has 2 N–H and O–H groups in total. The zero-order valence-corrected chi connectivity index (χ0v) is 16.3. The van der Waals surface area contributed by atoms with Crippen molar-refractivity contribution in [2.24, 2.45) is 17.8 Å². The lowest BCUT2D eigenvalue weighted by Gasteiger charge is -2.28. The van der Waals surface area contributed by atoms with E-state index >= 15 is 0 Å². The van der Waals surface area contributed by atoms with Gasteiger partial charge in [0.25, 0.3) is 5.91 Å². The van der Waals surface area contributed by atoms with Crippen molar-refractivity contribution in [1.29, 1.82) is 0 Å². The second kappa shape index (κ2) is 8.31. The number of pyridine rings is 1. The molecule has 0 aromatic carbocycles. The largest absolute Gasteiger partial charge is 0.356 e. The summed E-state index contributed by atoms with van der Waals surface area (Å²) in [5.41, 5.74) is 0.458. The van der Waals surface area contributed by atoms with Crippen LogP contribution in [-0.2, 0) is 14.4 Å². The van der Waals surface area contributed by atoms with Gasteiger partial charge in [-0.05, 0) is 49.7 Å². The lowest BCUT2D eigenvalue weighted by molar-refractivity contribution is -0.129. The predicted octanol–water partition coefficient (Wildman–Crippen LogP) is 0.532. The number of carbonyl (C=O) groups excluding carboxylic acids is 4. The zero-order chi connectivity index (χ0) is 20.4. The Hall–Kier alpha value is -2.77. The molecule has 3 amide bonds. The van der Waals surface area contributed by atoms with Crippen LogP contribution in [0.3, 0.4) is 0 Å². The number of carbonyl (C=O) groups is 4. The predicted molar refractivity (Wildman–Crippen MR) is 104 cm³/mol. The summed E-state index contributed by atoms with van der Waals surface area (Å²) in [7, 11) is 0. The highest BCUT2D eigenvalue weighted by atomic mass is 16.2. The van der Waals surface area contributed by atoms with Crippen molar-refractivity contribution in [3.8, 4) is 0 Å². The van der Waals surface area contributed by atoms with Gasteiger partial charge in [-0.15, -0.1) is 0 Å². The Morgan fingerprint density at radius 1 is 1.34 bits per heavy atom. The molecule has 0 radical (unpaired) electrons. The summed E-state index contributed by atoms with van der Waals surface area (Å²) >= 11 is 0. The van der Waals surface area contributed by atoms with Crippen LogP contribution in [0.2, 0.25) is 0 Å². The topological polar surface area (TPSA) is 108 Å². The smallest absolute Gasteiger partial charge is 0.256 e. The maximum Gasteiger partial charge on any atom is 0.256 e. The Labute approximate surface area is 169 Å². The van der Waals surface area contributed by atoms with Crippen LogP contribution in [0.1, 0.15) is 42.5 Å². The Bertz CT molecular complexity index is 799. The van der Waals surface area contributed by atoms with Crippen LogP contribution in [0.15, 0.2) is 24.5 Å². The van der Waals surface area contributed by atoms with Crippen molar-refractivity contribution in [2.75, 3.05) is 13.1 Å². The van der Waals surface area contributed by atoms with E-state index in [1.807, 2.05) is 0 Å². The molecule has 29 heavy (non-hydrogen) atoms. The van der Waals surface area contributed by atoms with Crippen molar-refractivity contribution in [1.82, 2.24) is 20.5 Å². The molecule has 4 rings (SSSR count). The van der Waals surface area contributed by atoms with Gasteiger partial charge in [0.15, 0.2) is 0 Å². The normalized spacial score (nSPS) is 29.2. The first-order valence-electron chi connectivity index (χ1n) is 10.3. The van der Waals surface area contributed by atoms with Crippen molar-refractivity contribution in [3.05, 3.63) is 30.1 Å². The second-order valence-corrected chi connectivity index (χ2v) is 8.26. The fourth-order valence-electron chi connectivity index (χ4n) is 5.10. The number of aromatic nitrogens is 1. The third-order valence-electron chi connectivity index (χ3n) is 6.52. The molecule has 8 heteroatoms. The molecule has 1 aromatic heterocycles. The summed E-state index contributed by atoms with van der Waals surface area (Å²) < 4.78 is 0. The first-order chi connectivity index (χ1) is 14.1. The van der Waals surface area contributed by atoms with E-state index in [-0.39, 0.29) is 29.6 Å². The Morgan fingerprint density at radius 3 is 2.90 bits per heavy atom. The Kier molecular flexibility index (Phi) is 5.60. The molecule has 3 heterocycles. The molecule has 1 aromatic rings. The van der Waals surface area contributed by atoms with Crippen molar-refractivity contribution in [3.63, 3.8) is 0 Å². The van der Waals surface area contributed by atoms with Gasteiger partial charge in [0.2, 0.25) is 11.8 Å². The molecule has 154 valence electrons. The lowest BCUT2D eigenvalue weighted by Crippen LogP contribution is -2.51. The average molecular weight is 398 g/mol. The molecule has 5 atom stereocenters. The van der Waals surface area contributed by atoms with E-state index in [9.17, 15) is 19.2 Å². The lowest BCUT2D eigenvalue weighted by atomic mass is 9.92. The molecule has 1 aliphatic carbocycles. The molecule has 0 bridgehead atoms. The maximum atomic E-state index is 13.2. The standard InChI is InChI=1S/C21H26N4O4/c26-12-16(9-13-6-8-23-19(13)27)24-20(28)18-17-5-1-3-15(17)11-25(18)21(29)14-4-2-7-22-10-14/h2,4,7,10,12-13,15-18H,1,3,5-6,8-9,11H2,(H,23,27)(H,24,28)/t13-,15-,16-,17+,18+/m0/s1. The van der Waals surface area contributed by atoms with Crippen LogP contribution in [0.25, 0.3) is 0 Å².